The first-order valence-electron chi connectivity index (χ1n) is 18.4. The Kier molecular flexibility index (Phi) is 11.3. The molecule has 0 aliphatic heterocycles. The molecule has 1 fully saturated rings. The van der Waals surface area contributed by atoms with Gasteiger partial charge >= 0.3 is 0 Å². The maximum absolute atomic E-state index is 12.9. The van der Waals surface area contributed by atoms with Crippen LogP contribution in [-0.4, -0.2) is 74.6 Å². The zero-order valence-corrected chi connectivity index (χ0v) is 33.3. The molecular weight excluding hydrogens is 717 g/mol. The minimum absolute atomic E-state index is 0.0502. The Balaban J connectivity index is 0.851. The molecular formula is C40H46N10O2S2. The van der Waals surface area contributed by atoms with Crippen LogP contribution in [0.15, 0.2) is 58.8 Å². The highest BCUT2D eigenvalue weighted by Crippen LogP contribution is 2.24. The van der Waals surface area contributed by atoms with Crippen molar-refractivity contribution >= 4 is 46.9 Å². The Labute approximate surface area is 323 Å². The molecule has 6 aromatic rings. The standard InChI is InChI=1S/C40H46N10O2S2/c1-23-7-11-29(12-8-23)19-33-25(3)41-37-45-39(47-49(37)27(33)5)53-21-35(51)43-31-15-17-32(18-16-31)44-36(52)22-54-40-46-38-42-26(4)34(28(6)50(38)48-40)20-30-13-9-24(2)10-14-30/h7-14,31-32H,15-22H2,1-6H3,(H,43,51)(H,44,52). The topological polar surface area (TPSA) is 144 Å². The Hall–Kier alpha value is -4.82. The summed E-state index contributed by atoms with van der Waals surface area (Å²) >= 11 is 2.63. The van der Waals surface area contributed by atoms with Crippen LogP contribution in [-0.2, 0) is 22.4 Å². The Morgan fingerprint density at radius 2 is 0.963 bits per heavy atom. The maximum atomic E-state index is 12.9. The lowest BCUT2D eigenvalue weighted by molar-refractivity contribution is -0.121. The molecule has 0 unspecified atom stereocenters. The number of aromatic nitrogens is 8. The van der Waals surface area contributed by atoms with Gasteiger partial charge in [-0.1, -0.05) is 83.2 Å². The lowest BCUT2D eigenvalue weighted by Gasteiger charge is -2.29. The van der Waals surface area contributed by atoms with E-state index in [1.807, 2.05) is 27.7 Å². The monoisotopic (exact) mass is 762 g/mol. The Morgan fingerprint density at radius 1 is 0.593 bits per heavy atom. The van der Waals surface area contributed by atoms with Gasteiger partial charge in [0.2, 0.25) is 22.1 Å². The van der Waals surface area contributed by atoms with Crippen molar-refractivity contribution < 1.29 is 9.59 Å². The zero-order chi connectivity index (χ0) is 37.9. The van der Waals surface area contributed by atoms with Crippen molar-refractivity contribution in [2.24, 2.45) is 0 Å². The molecule has 0 bridgehead atoms. The van der Waals surface area contributed by atoms with Gasteiger partial charge in [0.25, 0.3) is 11.6 Å². The summed E-state index contributed by atoms with van der Waals surface area (Å²) in [4.78, 5) is 44.4. The van der Waals surface area contributed by atoms with Crippen LogP contribution in [0.1, 0.15) is 81.8 Å². The van der Waals surface area contributed by atoms with Crippen LogP contribution >= 0.6 is 23.5 Å². The number of benzene rings is 2. The Morgan fingerprint density at radius 3 is 1.33 bits per heavy atom. The summed E-state index contributed by atoms with van der Waals surface area (Å²) in [5.74, 6) is 1.42. The highest BCUT2D eigenvalue weighted by Gasteiger charge is 2.24. The maximum Gasteiger partial charge on any atom is 0.253 e. The van der Waals surface area contributed by atoms with Gasteiger partial charge in [0, 0.05) is 47.7 Å². The molecule has 4 heterocycles. The van der Waals surface area contributed by atoms with Crippen LogP contribution in [0.2, 0.25) is 0 Å². The predicted molar refractivity (Wildman–Crippen MR) is 212 cm³/mol. The van der Waals surface area contributed by atoms with Gasteiger partial charge < -0.3 is 10.6 Å². The molecule has 0 saturated heterocycles. The van der Waals surface area contributed by atoms with E-state index >= 15 is 0 Å². The number of hydrogen-bond acceptors (Lipinski definition) is 10. The fraction of sp³-hybridized carbons (Fsp3) is 0.400. The van der Waals surface area contributed by atoms with E-state index in [9.17, 15) is 9.59 Å². The molecule has 12 nitrogen and oxygen atoms in total. The van der Waals surface area contributed by atoms with Crippen molar-refractivity contribution in [2.75, 3.05) is 11.5 Å². The summed E-state index contributed by atoms with van der Waals surface area (Å²) in [6.07, 6.45) is 4.75. The molecule has 1 saturated carbocycles. The van der Waals surface area contributed by atoms with Crippen molar-refractivity contribution in [3.8, 4) is 0 Å². The fourth-order valence-electron chi connectivity index (χ4n) is 7.02. The number of rotatable bonds is 12. The fourth-order valence-corrected chi connectivity index (χ4v) is 8.27. The number of nitrogens with one attached hydrogen (secondary N) is 2. The highest BCUT2D eigenvalue weighted by atomic mass is 32.2. The van der Waals surface area contributed by atoms with Gasteiger partial charge in [-0.25, -0.2) is 19.0 Å². The first-order chi connectivity index (χ1) is 26.0. The van der Waals surface area contributed by atoms with Crippen molar-refractivity contribution in [3.05, 3.63) is 105 Å². The van der Waals surface area contributed by atoms with E-state index < -0.39 is 0 Å². The predicted octanol–water partition coefficient (Wildman–Crippen LogP) is 6.02. The Bertz CT molecular complexity index is 2150. The molecule has 14 heteroatoms. The number of nitrogens with zero attached hydrogens (tertiary/aromatic N) is 8. The summed E-state index contributed by atoms with van der Waals surface area (Å²) in [5, 5.41) is 16.7. The second-order valence-corrected chi connectivity index (χ2v) is 16.2. The number of aryl methyl sites for hydroxylation is 6. The molecule has 0 spiro atoms. The van der Waals surface area contributed by atoms with Crippen LogP contribution in [0, 0.1) is 41.5 Å². The van der Waals surface area contributed by atoms with Gasteiger partial charge in [-0.2, -0.15) is 9.97 Å². The zero-order valence-electron chi connectivity index (χ0n) is 31.6. The average Bonchev–Trinajstić information content (AvgIpc) is 3.76. The lowest BCUT2D eigenvalue weighted by atomic mass is 9.91. The molecule has 4 aromatic heterocycles. The summed E-state index contributed by atoms with van der Waals surface area (Å²) < 4.78 is 3.56. The molecule has 0 radical (unpaired) electrons. The van der Waals surface area contributed by atoms with Crippen LogP contribution in [0.25, 0.3) is 11.6 Å². The molecule has 7 rings (SSSR count). The molecule has 2 aromatic carbocycles. The lowest BCUT2D eigenvalue weighted by Crippen LogP contribution is -2.44. The molecule has 1 aliphatic carbocycles. The van der Waals surface area contributed by atoms with E-state index in [1.165, 1.54) is 45.8 Å². The largest absolute Gasteiger partial charge is 0.353 e. The minimum atomic E-state index is -0.0502. The second kappa shape index (κ2) is 16.3. The van der Waals surface area contributed by atoms with Gasteiger partial charge in [-0.05, 0) is 89.5 Å². The summed E-state index contributed by atoms with van der Waals surface area (Å²) in [6, 6.07) is 17.2. The van der Waals surface area contributed by atoms with Crippen LogP contribution < -0.4 is 10.6 Å². The first kappa shape index (κ1) is 37.5. The van der Waals surface area contributed by atoms with E-state index in [0.29, 0.717) is 21.9 Å². The number of carbonyl (C=O) groups excluding carboxylic acids is 2. The van der Waals surface area contributed by atoms with Gasteiger partial charge in [-0.15, -0.1) is 10.2 Å². The summed E-state index contributed by atoms with van der Waals surface area (Å²) in [5.41, 5.74) is 11.0. The smallest absolute Gasteiger partial charge is 0.253 e. The SMILES string of the molecule is Cc1ccc(Cc2c(C)nc3nc(SCC(=O)NC4CCC(NC(=O)CSc5nc6nc(C)c(Cc7ccc(C)cc7)c(C)n6n5)CC4)nn3c2C)cc1. The molecule has 2 N–H and O–H groups in total. The van der Waals surface area contributed by atoms with E-state index in [1.54, 1.807) is 9.03 Å². The van der Waals surface area contributed by atoms with Crippen LogP contribution in [0.3, 0.4) is 0 Å². The van der Waals surface area contributed by atoms with E-state index in [-0.39, 0.29) is 35.4 Å². The third-order valence-electron chi connectivity index (χ3n) is 10.2. The van der Waals surface area contributed by atoms with Gasteiger partial charge in [0.15, 0.2) is 0 Å². The summed E-state index contributed by atoms with van der Waals surface area (Å²) in [6.45, 7) is 12.3. The van der Waals surface area contributed by atoms with E-state index in [2.05, 4.69) is 93.2 Å². The van der Waals surface area contributed by atoms with Crippen molar-refractivity contribution in [2.45, 2.75) is 102 Å². The quantitative estimate of drug-likeness (QED) is 0.142. The normalized spacial score (nSPS) is 15.9. The van der Waals surface area contributed by atoms with Crippen LogP contribution in [0.5, 0.6) is 0 Å². The third kappa shape index (κ3) is 8.76. The average molecular weight is 763 g/mol. The van der Waals surface area contributed by atoms with Gasteiger partial charge in [-0.3, -0.25) is 9.59 Å². The van der Waals surface area contributed by atoms with Crippen molar-refractivity contribution in [1.82, 2.24) is 49.8 Å². The molecule has 1 aliphatic rings. The summed E-state index contributed by atoms with van der Waals surface area (Å²) in [7, 11) is 0. The third-order valence-corrected chi connectivity index (χ3v) is 11.9. The molecule has 280 valence electrons. The van der Waals surface area contributed by atoms with Crippen molar-refractivity contribution in [1.29, 1.82) is 0 Å². The molecule has 0 atom stereocenters. The van der Waals surface area contributed by atoms with Crippen LogP contribution in [0.4, 0.5) is 0 Å². The van der Waals surface area contributed by atoms with Gasteiger partial charge in [0.1, 0.15) is 0 Å². The second-order valence-electron chi connectivity index (χ2n) is 14.3. The minimum Gasteiger partial charge on any atom is -0.353 e. The first-order valence-corrected chi connectivity index (χ1v) is 20.4. The van der Waals surface area contributed by atoms with Crippen molar-refractivity contribution in [3.63, 3.8) is 0 Å². The molecule has 54 heavy (non-hydrogen) atoms. The number of hydrogen-bond donors (Lipinski definition) is 2. The van der Waals surface area contributed by atoms with E-state index in [0.717, 1.165) is 72.4 Å². The van der Waals surface area contributed by atoms with Gasteiger partial charge in [0.05, 0.1) is 11.5 Å². The number of thioether (sulfide) groups is 2. The number of fused-ring (bicyclic) bond motifs is 2. The van der Waals surface area contributed by atoms with E-state index in [4.69, 9.17) is 9.97 Å². The highest BCUT2D eigenvalue weighted by molar-refractivity contribution is 8.00. The molecule has 2 amide bonds. The number of amides is 2. The number of carbonyl (C=O) groups is 2.